The Morgan fingerprint density at radius 3 is 2.58 bits per heavy atom. The summed E-state index contributed by atoms with van der Waals surface area (Å²) in [6, 6.07) is 11.6. The molecule has 0 aliphatic heterocycles. The molecule has 1 heterocycles. The highest BCUT2D eigenvalue weighted by atomic mass is 127. The van der Waals surface area contributed by atoms with Crippen LogP contribution in [-0.4, -0.2) is 6.54 Å². The fraction of sp³-hybridized carbons (Fsp3) is 0.375. The summed E-state index contributed by atoms with van der Waals surface area (Å²) in [6.07, 6.45) is 2.23. The maximum Gasteiger partial charge on any atom is 0.0656 e. The lowest BCUT2D eigenvalue weighted by molar-refractivity contribution is 0.530. The Morgan fingerprint density at radius 2 is 2.00 bits per heavy atom. The van der Waals surface area contributed by atoms with Crippen molar-refractivity contribution in [3.05, 3.63) is 55.3 Å². The van der Waals surface area contributed by atoms with Gasteiger partial charge < -0.3 is 5.32 Å². The number of nitrogens with one attached hydrogen (secondary N) is 1. The number of benzene rings is 1. The van der Waals surface area contributed by atoms with E-state index in [1.165, 1.54) is 26.0 Å². The minimum atomic E-state index is 0.433. The normalized spacial score (nSPS) is 12.6. The molecule has 0 aliphatic rings. The summed E-state index contributed by atoms with van der Waals surface area (Å²) in [6.45, 7) is 5.42. The van der Waals surface area contributed by atoms with Crippen LogP contribution in [0, 0.1) is 9.81 Å². The van der Waals surface area contributed by atoms with Crippen molar-refractivity contribution in [2.75, 3.05) is 6.54 Å². The smallest absolute Gasteiger partial charge is 0.0656 e. The molecule has 102 valence electrons. The summed E-state index contributed by atoms with van der Waals surface area (Å²) >= 11 is 4.22. The molecule has 1 aromatic heterocycles. The summed E-state index contributed by atoms with van der Waals surface area (Å²) in [5, 5.41) is 5.95. The Labute approximate surface area is 133 Å². The highest BCUT2D eigenvalue weighted by molar-refractivity contribution is 14.1. The zero-order valence-electron chi connectivity index (χ0n) is 11.4. The van der Waals surface area contributed by atoms with E-state index in [0.29, 0.717) is 6.04 Å². The van der Waals surface area contributed by atoms with Crippen molar-refractivity contribution in [3.63, 3.8) is 0 Å². The molecule has 0 saturated heterocycles. The van der Waals surface area contributed by atoms with Crippen LogP contribution in [0.4, 0.5) is 0 Å². The number of rotatable bonds is 6. The molecular weight excluding hydrogens is 365 g/mol. The van der Waals surface area contributed by atoms with Crippen LogP contribution in [0.2, 0.25) is 0 Å². The molecule has 0 spiro atoms. The van der Waals surface area contributed by atoms with Crippen molar-refractivity contribution in [3.8, 4) is 0 Å². The van der Waals surface area contributed by atoms with E-state index in [-0.39, 0.29) is 0 Å². The van der Waals surface area contributed by atoms with E-state index >= 15 is 0 Å². The predicted octanol–water partition coefficient (Wildman–Crippen LogP) is 4.94. The minimum absolute atomic E-state index is 0.433. The van der Waals surface area contributed by atoms with Crippen LogP contribution in [0.5, 0.6) is 0 Å². The van der Waals surface area contributed by atoms with Gasteiger partial charge in [0.25, 0.3) is 0 Å². The molecule has 1 unspecified atom stereocenters. The first kappa shape index (κ1) is 15.0. The van der Waals surface area contributed by atoms with Crippen LogP contribution in [0.3, 0.4) is 0 Å². The van der Waals surface area contributed by atoms with Gasteiger partial charge >= 0.3 is 0 Å². The fourth-order valence-corrected chi connectivity index (χ4v) is 3.52. The average molecular weight is 385 g/mol. The molecule has 3 heteroatoms. The number of halogens is 1. The molecule has 19 heavy (non-hydrogen) atoms. The molecule has 2 aromatic rings. The van der Waals surface area contributed by atoms with Crippen LogP contribution < -0.4 is 5.32 Å². The lowest BCUT2D eigenvalue weighted by Gasteiger charge is -2.17. The van der Waals surface area contributed by atoms with E-state index in [4.69, 9.17) is 0 Å². The van der Waals surface area contributed by atoms with Crippen LogP contribution in [0.15, 0.2) is 35.7 Å². The molecule has 0 aliphatic carbocycles. The highest BCUT2D eigenvalue weighted by Gasteiger charge is 2.13. The Hall–Kier alpha value is -0.390. The topological polar surface area (TPSA) is 12.0 Å². The van der Waals surface area contributed by atoms with Crippen molar-refractivity contribution in [2.24, 2.45) is 0 Å². The average Bonchev–Trinajstić information content (AvgIpc) is 2.83. The van der Waals surface area contributed by atoms with Gasteiger partial charge in [0.05, 0.1) is 2.88 Å². The molecule has 1 aromatic carbocycles. The summed E-state index contributed by atoms with van der Waals surface area (Å²) in [5.74, 6) is 0. The first-order chi connectivity index (χ1) is 9.19. The minimum Gasteiger partial charge on any atom is -0.310 e. The molecule has 0 radical (unpaired) electrons. The second kappa shape index (κ2) is 7.41. The quantitative estimate of drug-likeness (QED) is 0.695. The molecule has 1 atom stereocenters. The predicted molar refractivity (Wildman–Crippen MR) is 93.0 cm³/mol. The first-order valence-electron chi connectivity index (χ1n) is 6.72. The molecule has 1 N–H and O–H groups in total. The standard InChI is InChI=1S/C16H20INS/c1-3-8-18-15(14-10-16(17)19-11-14)9-13-6-4-12(2)5-7-13/h4-7,10-11,15,18H,3,8-9H2,1-2H3. The highest BCUT2D eigenvalue weighted by Crippen LogP contribution is 2.25. The summed E-state index contributed by atoms with van der Waals surface area (Å²) in [7, 11) is 0. The molecule has 0 amide bonds. The molecule has 0 bridgehead atoms. The number of thiophene rings is 1. The van der Waals surface area contributed by atoms with Gasteiger partial charge in [-0.3, -0.25) is 0 Å². The monoisotopic (exact) mass is 385 g/mol. The SMILES string of the molecule is CCCNC(Cc1ccc(C)cc1)c1csc(I)c1. The third-order valence-electron chi connectivity index (χ3n) is 3.19. The summed E-state index contributed by atoms with van der Waals surface area (Å²) in [5.41, 5.74) is 4.15. The largest absolute Gasteiger partial charge is 0.310 e. The molecule has 0 fully saturated rings. The maximum absolute atomic E-state index is 3.67. The number of aryl methyl sites for hydroxylation is 1. The Balaban J connectivity index is 2.11. The second-order valence-electron chi connectivity index (χ2n) is 4.88. The van der Waals surface area contributed by atoms with Crippen LogP contribution in [0.1, 0.15) is 36.1 Å². The third kappa shape index (κ3) is 4.58. The lowest BCUT2D eigenvalue weighted by atomic mass is 10.0. The van der Waals surface area contributed by atoms with Crippen molar-refractivity contribution >= 4 is 33.9 Å². The van der Waals surface area contributed by atoms with E-state index in [9.17, 15) is 0 Å². The zero-order chi connectivity index (χ0) is 13.7. The Morgan fingerprint density at radius 1 is 1.26 bits per heavy atom. The maximum atomic E-state index is 3.67. The van der Waals surface area contributed by atoms with Gasteiger partial charge in [0.15, 0.2) is 0 Å². The zero-order valence-corrected chi connectivity index (χ0v) is 14.4. The molecule has 0 saturated carbocycles. The van der Waals surface area contributed by atoms with Crippen LogP contribution in [-0.2, 0) is 6.42 Å². The van der Waals surface area contributed by atoms with Gasteiger partial charge in [-0.1, -0.05) is 36.8 Å². The van der Waals surface area contributed by atoms with E-state index in [1.807, 2.05) is 11.3 Å². The van der Waals surface area contributed by atoms with E-state index < -0.39 is 0 Å². The van der Waals surface area contributed by atoms with Gasteiger partial charge in [-0.15, -0.1) is 11.3 Å². The van der Waals surface area contributed by atoms with Crippen molar-refractivity contribution in [1.82, 2.24) is 5.32 Å². The molecular formula is C16H20INS. The fourth-order valence-electron chi connectivity index (χ4n) is 2.09. The Bertz CT molecular complexity index is 504. The van der Waals surface area contributed by atoms with Gasteiger partial charge in [-0.05, 0) is 71.5 Å². The molecule has 2 rings (SSSR count). The summed E-state index contributed by atoms with van der Waals surface area (Å²) in [4.78, 5) is 0. The third-order valence-corrected chi connectivity index (χ3v) is 5.00. The van der Waals surface area contributed by atoms with Gasteiger partial charge in [0.1, 0.15) is 0 Å². The first-order valence-corrected chi connectivity index (χ1v) is 8.67. The van der Waals surface area contributed by atoms with E-state index in [2.05, 4.69) is 77.5 Å². The van der Waals surface area contributed by atoms with Crippen molar-refractivity contribution < 1.29 is 0 Å². The van der Waals surface area contributed by atoms with Gasteiger partial charge in [-0.2, -0.15) is 0 Å². The van der Waals surface area contributed by atoms with Crippen LogP contribution >= 0.6 is 33.9 Å². The number of hydrogen-bond donors (Lipinski definition) is 1. The van der Waals surface area contributed by atoms with E-state index in [1.54, 1.807) is 0 Å². The number of hydrogen-bond acceptors (Lipinski definition) is 2. The summed E-state index contributed by atoms with van der Waals surface area (Å²) < 4.78 is 1.36. The van der Waals surface area contributed by atoms with Gasteiger partial charge in [0, 0.05) is 6.04 Å². The van der Waals surface area contributed by atoms with Crippen molar-refractivity contribution in [2.45, 2.75) is 32.7 Å². The second-order valence-corrected chi connectivity index (χ2v) is 7.69. The molecule has 1 nitrogen and oxygen atoms in total. The van der Waals surface area contributed by atoms with Gasteiger partial charge in [0.2, 0.25) is 0 Å². The van der Waals surface area contributed by atoms with Crippen molar-refractivity contribution in [1.29, 1.82) is 0 Å². The Kier molecular flexibility index (Phi) is 5.85. The van der Waals surface area contributed by atoms with Gasteiger partial charge in [-0.25, -0.2) is 0 Å². The van der Waals surface area contributed by atoms with Crippen LogP contribution in [0.25, 0.3) is 0 Å². The van der Waals surface area contributed by atoms with E-state index in [0.717, 1.165) is 13.0 Å². The lowest BCUT2D eigenvalue weighted by Crippen LogP contribution is -2.23.